The van der Waals surface area contributed by atoms with E-state index in [9.17, 15) is 18.0 Å². The SMILES string of the molecule is COC(=O)Cc1c(F)cc(C(F)F)nc1Cl. The van der Waals surface area contributed by atoms with Crippen LogP contribution in [-0.2, 0) is 16.0 Å². The molecule has 1 aromatic rings. The molecule has 0 aromatic carbocycles. The lowest BCUT2D eigenvalue weighted by molar-refractivity contribution is -0.139. The van der Waals surface area contributed by atoms with Crippen LogP contribution in [0.2, 0.25) is 5.15 Å². The zero-order chi connectivity index (χ0) is 12.3. The van der Waals surface area contributed by atoms with Crippen LogP contribution in [0, 0.1) is 5.82 Å². The van der Waals surface area contributed by atoms with Crippen LogP contribution in [-0.4, -0.2) is 18.1 Å². The fraction of sp³-hybridized carbons (Fsp3) is 0.333. The summed E-state index contributed by atoms with van der Waals surface area (Å²) in [4.78, 5) is 14.2. The van der Waals surface area contributed by atoms with Gasteiger partial charge >= 0.3 is 5.97 Å². The van der Waals surface area contributed by atoms with Crippen LogP contribution < -0.4 is 0 Å². The summed E-state index contributed by atoms with van der Waals surface area (Å²) in [6.07, 6.45) is -3.36. The molecular formula is C9H7ClF3NO2. The maximum Gasteiger partial charge on any atom is 0.310 e. The van der Waals surface area contributed by atoms with Crippen molar-refractivity contribution in [2.24, 2.45) is 0 Å². The molecule has 0 N–H and O–H groups in total. The molecule has 1 heterocycles. The lowest BCUT2D eigenvalue weighted by Gasteiger charge is -2.06. The summed E-state index contributed by atoms with van der Waals surface area (Å²) in [7, 11) is 1.12. The van der Waals surface area contributed by atoms with Crippen LogP contribution >= 0.6 is 11.6 Å². The van der Waals surface area contributed by atoms with E-state index >= 15 is 0 Å². The van der Waals surface area contributed by atoms with Crippen molar-refractivity contribution in [1.29, 1.82) is 0 Å². The minimum atomic E-state index is -2.92. The monoisotopic (exact) mass is 253 g/mol. The fourth-order valence-electron chi connectivity index (χ4n) is 1.01. The summed E-state index contributed by atoms with van der Waals surface area (Å²) >= 11 is 5.49. The molecule has 0 bridgehead atoms. The van der Waals surface area contributed by atoms with E-state index in [1.807, 2.05) is 0 Å². The van der Waals surface area contributed by atoms with Crippen molar-refractivity contribution in [3.8, 4) is 0 Å². The number of hydrogen-bond donors (Lipinski definition) is 0. The van der Waals surface area contributed by atoms with Crippen LogP contribution in [0.25, 0.3) is 0 Å². The molecule has 16 heavy (non-hydrogen) atoms. The highest BCUT2D eigenvalue weighted by atomic mass is 35.5. The summed E-state index contributed by atoms with van der Waals surface area (Å²) in [5.74, 6) is -1.73. The predicted octanol–water partition coefficient (Wildman–Crippen LogP) is 2.53. The average Bonchev–Trinajstić information content (AvgIpc) is 2.22. The molecule has 3 nitrogen and oxygen atoms in total. The molecule has 0 saturated carbocycles. The number of aromatic nitrogens is 1. The van der Waals surface area contributed by atoms with Crippen LogP contribution in [0.5, 0.6) is 0 Å². The molecule has 0 atom stereocenters. The lowest BCUT2D eigenvalue weighted by Crippen LogP contribution is -2.08. The predicted molar refractivity (Wildman–Crippen MR) is 49.9 cm³/mol. The second-order valence-corrected chi connectivity index (χ2v) is 3.21. The molecule has 0 aliphatic heterocycles. The Kier molecular flexibility index (Phi) is 4.12. The molecule has 0 saturated heterocycles. The van der Waals surface area contributed by atoms with Gasteiger partial charge in [-0.2, -0.15) is 0 Å². The highest BCUT2D eigenvalue weighted by Crippen LogP contribution is 2.24. The summed E-state index contributed by atoms with van der Waals surface area (Å²) in [6.45, 7) is 0. The minimum Gasteiger partial charge on any atom is -0.469 e. The summed E-state index contributed by atoms with van der Waals surface area (Å²) in [5, 5.41) is -0.458. The van der Waals surface area contributed by atoms with E-state index < -0.39 is 35.5 Å². The van der Waals surface area contributed by atoms with Crippen LogP contribution in [0.1, 0.15) is 17.7 Å². The van der Waals surface area contributed by atoms with E-state index in [0.29, 0.717) is 6.07 Å². The summed E-state index contributed by atoms with van der Waals surface area (Å²) in [6, 6.07) is 0.550. The Bertz CT molecular complexity index is 389. The maximum atomic E-state index is 13.3. The smallest absolute Gasteiger partial charge is 0.310 e. The molecule has 0 radical (unpaired) electrons. The third kappa shape index (κ3) is 2.85. The normalized spacial score (nSPS) is 10.6. The highest BCUT2D eigenvalue weighted by molar-refractivity contribution is 6.30. The third-order valence-electron chi connectivity index (χ3n) is 1.81. The topological polar surface area (TPSA) is 39.2 Å². The number of alkyl halides is 2. The first-order valence-electron chi connectivity index (χ1n) is 4.15. The largest absolute Gasteiger partial charge is 0.469 e. The van der Waals surface area contributed by atoms with Gasteiger partial charge in [-0.25, -0.2) is 18.2 Å². The molecule has 1 aromatic heterocycles. The van der Waals surface area contributed by atoms with Gasteiger partial charge in [-0.1, -0.05) is 11.6 Å². The minimum absolute atomic E-state index is 0.252. The number of esters is 1. The van der Waals surface area contributed by atoms with Crippen LogP contribution in [0.3, 0.4) is 0 Å². The van der Waals surface area contributed by atoms with Gasteiger partial charge in [0.1, 0.15) is 16.7 Å². The van der Waals surface area contributed by atoms with Crippen molar-refractivity contribution in [3.05, 3.63) is 28.3 Å². The number of hydrogen-bond acceptors (Lipinski definition) is 3. The Morgan fingerprint density at radius 1 is 1.62 bits per heavy atom. The summed E-state index contributed by atoms with van der Waals surface area (Å²) < 4.78 is 42.0. The number of pyridine rings is 1. The fourth-order valence-corrected chi connectivity index (χ4v) is 1.27. The van der Waals surface area contributed by atoms with Gasteiger partial charge in [-0.3, -0.25) is 4.79 Å². The first-order chi connectivity index (χ1) is 7.45. The molecule has 0 spiro atoms. The van der Waals surface area contributed by atoms with Gasteiger partial charge in [-0.15, -0.1) is 0 Å². The number of rotatable bonds is 3. The Labute approximate surface area is 94.2 Å². The van der Waals surface area contributed by atoms with Crippen molar-refractivity contribution in [1.82, 2.24) is 4.98 Å². The Hall–Kier alpha value is -1.30. The standard InChI is InChI=1S/C9H7ClF3NO2/c1-16-7(15)2-4-5(11)3-6(9(12)13)14-8(4)10/h3,9H,2H2,1H3. The highest BCUT2D eigenvalue weighted by Gasteiger charge is 2.18. The van der Waals surface area contributed by atoms with E-state index in [-0.39, 0.29) is 5.56 Å². The van der Waals surface area contributed by atoms with Crippen LogP contribution in [0.4, 0.5) is 13.2 Å². The molecule has 0 unspecified atom stereocenters. The summed E-state index contributed by atoms with van der Waals surface area (Å²) in [5.41, 5.74) is -1.02. The molecule has 88 valence electrons. The average molecular weight is 254 g/mol. The van der Waals surface area contributed by atoms with E-state index in [4.69, 9.17) is 11.6 Å². The van der Waals surface area contributed by atoms with E-state index in [1.54, 1.807) is 0 Å². The van der Waals surface area contributed by atoms with E-state index in [2.05, 4.69) is 9.72 Å². The Morgan fingerprint density at radius 2 is 2.25 bits per heavy atom. The van der Waals surface area contributed by atoms with Gasteiger partial charge in [0.05, 0.1) is 13.5 Å². The third-order valence-corrected chi connectivity index (χ3v) is 2.12. The lowest BCUT2D eigenvalue weighted by atomic mass is 10.2. The molecular weight excluding hydrogens is 247 g/mol. The first kappa shape index (κ1) is 12.8. The number of carbonyl (C=O) groups excluding carboxylic acids is 1. The second kappa shape index (κ2) is 5.16. The maximum absolute atomic E-state index is 13.3. The number of carbonyl (C=O) groups is 1. The number of ether oxygens (including phenoxy) is 1. The molecule has 7 heteroatoms. The zero-order valence-corrected chi connectivity index (χ0v) is 8.89. The van der Waals surface area contributed by atoms with Gasteiger partial charge in [0.25, 0.3) is 6.43 Å². The molecule has 1 rings (SSSR count). The molecule has 0 fully saturated rings. The van der Waals surface area contributed by atoms with Crippen molar-refractivity contribution in [2.45, 2.75) is 12.8 Å². The first-order valence-corrected chi connectivity index (χ1v) is 4.53. The van der Waals surface area contributed by atoms with E-state index in [0.717, 1.165) is 7.11 Å². The van der Waals surface area contributed by atoms with Crippen molar-refractivity contribution in [3.63, 3.8) is 0 Å². The van der Waals surface area contributed by atoms with Crippen LogP contribution in [0.15, 0.2) is 6.07 Å². The second-order valence-electron chi connectivity index (χ2n) is 2.85. The number of halogens is 4. The van der Waals surface area contributed by atoms with Gasteiger partial charge in [0, 0.05) is 11.6 Å². The number of nitrogens with zero attached hydrogens (tertiary/aromatic N) is 1. The molecule has 0 amide bonds. The number of methoxy groups -OCH3 is 1. The van der Waals surface area contributed by atoms with Crippen molar-refractivity contribution >= 4 is 17.6 Å². The van der Waals surface area contributed by atoms with Gasteiger partial charge < -0.3 is 4.74 Å². The Balaban J connectivity index is 3.07. The van der Waals surface area contributed by atoms with Crippen molar-refractivity contribution < 1.29 is 22.7 Å². The van der Waals surface area contributed by atoms with Gasteiger partial charge in [0.2, 0.25) is 0 Å². The van der Waals surface area contributed by atoms with E-state index in [1.165, 1.54) is 0 Å². The molecule has 0 aliphatic rings. The molecule has 0 aliphatic carbocycles. The quantitative estimate of drug-likeness (QED) is 0.614. The van der Waals surface area contributed by atoms with Gasteiger partial charge in [0.15, 0.2) is 0 Å². The van der Waals surface area contributed by atoms with Gasteiger partial charge in [-0.05, 0) is 0 Å². The Morgan fingerprint density at radius 3 is 2.69 bits per heavy atom. The van der Waals surface area contributed by atoms with Crippen molar-refractivity contribution in [2.75, 3.05) is 7.11 Å². The zero-order valence-electron chi connectivity index (χ0n) is 8.14.